The molecule has 180 valence electrons. The van der Waals surface area contributed by atoms with Crippen LogP contribution in [0.25, 0.3) is 11.3 Å². The van der Waals surface area contributed by atoms with Crippen molar-refractivity contribution in [1.29, 1.82) is 0 Å². The molecule has 0 bridgehead atoms. The van der Waals surface area contributed by atoms with Gasteiger partial charge in [0.25, 0.3) is 5.91 Å². The lowest BCUT2D eigenvalue weighted by Gasteiger charge is -2.42. The first-order valence-corrected chi connectivity index (χ1v) is 11.6. The zero-order valence-electron chi connectivity index (χ0n) is 19.2. The van der Waals surface area contributed by atoms with Gasteiger partial charge in [-0.05, 0) is 48.5 Å². The van der Waals surface area contributed by atoms with Crippen molar-refractivity contribution < 1.29 is 14.0 Å². The van der Waals surface area contributed by atoms with Crippen molar-refractivity contribution in [2.24, 2.45) is 0 Å². The van der Waals surface area contributed by atoms with Crippen molar-refractivity contribution in [2.45, 2.75) is 6.04 Å². The second-order valence-electron chi connectivity index (χ2n) is 8.13. The van der Waals surface area contributed by atoms with Crippen molar-refractivity contribution in [2.75, 3.05) is 31.5 Å². The molecule has 1 aliphatic heterocycles. The molecule has 1 unspecified atom stereocenters. The monoisotopic (exact) mass is 490 g/mol. The van der Waals surface area contributed by atoms with Crippen molar-refractivity contribution in [1.82, 2.24) is 15.1 Å². The number of benzene rings is 2. The molecule has 8 heteroatoms. The Balaban J connectivity index is 1.54. The molecule has 2 amide bonds. The van der Waals surface area contributed by atoms with E-state index in [0.29, 0.717) is 47.5 Å². The highest BCUT2D eigenvalue weighted by Gasteiger charge is 2.35. The lowest BCUT2D eigenvalue weighted by atomic mass is 10.1. The van der Waals surface area contributed by atoms with E-state index in [1.54, 1.807) is 59.7 Å². The summed E-state index contributed by atoms with van der Waals surface area (Å²) in [6, 6.07) is 17.2. The predicted octanol–water partition coefficient (Wildman–Crippen LogP) is 4.61. The second kappa shape index (κ2) is 11.0. The van der Waals surface area contributed by atoms with E-state index in [1.807, 2.05) is 23.1 Å². The number of piperazine rings is 1. The molecule has 35 heavy (non-hydrogen) atoms. The Hall–Kier alpha value is -3.97. The fraction of sp³-hybridized carbons (Fsp3) is 0.185. The molecule has 1 atom stereocenters. The Morgan fingerprint density at radius 1 is 1.11 bits per heavy atom. The van der Waals surface area contributed by atoms with Gasteiger partial charge in [0.2, 0.25) is 5.91 Å². The van der Waals surface area contributed by atoms with Crippen LogP contribution in [0.5, 0.6) is 0 Å². The number of carbonyl (C=O) groups is 2. The molecule has 4 rings (SSSR count). The van der Waals surface area contributed by atoms with E-state index in [-0.39, 0.29) is 18.4 Å². The number of anilines is 1. The standard InChI is InChI=1S/C27H27ClN4O3/c1-3-13-29-19(2)32-15-14-31(18-24(32)26(33)30-23-11-9-22(28)10-12-23)27(34)21-7-4-6-20(17-21)25-8-5-16-35-25/h3-12,16-17,24,29H,1-2,13-15,18H2,(H,30,33). The summed E-state index contributed by atoms with van der Waals surface area (Å²) >= 11 is 5.97. The number of amides is 2. The highest BCUT2D eigenvalue weighted by molar-refractivity contribution is 6.30. The van der Waals surface area contributed by atoms with Crippen molar-refractivity contribution in [3.8, 4) is 11.3 Å². The lowest BCUT2D eigenvalue weighted by Crippen LogP contribution is -2.59. The maximum absolute atomic E-state index is 13.4. The first kappa shape index (κ1) is 24.2. The maximum Gasteiger partial charge on any atom is 0.254 e. The molecular weight excluding hydrogens is 464 g/mol. The summed E-state index contributed by atoms with van der Waals surface area (Å²) in [5.74, 6) is 0.907. The van der Waals surface area contributed by atoms with Crippen molar-refractivity contribution in [3.63, 3.8) is 0 Å². The fourth-order valence-electron chi connectivity index (χ4n) is 4.00. The second-order valence-corrected chi connectivity index (χ2v) is 8.57. The van der Waals surface area contributed by atoms with Crippen LogP contribution in [-0.2, 0) is 4.79 Å². The van der Waals surface area contributed by atoms with Crippen LogP contribution in [-0.4, -0.2) is 53.8 Å². The van der Waals surface area contributed by atoms with Gasteiger partial charge in [0.1, 0.15) is 11.8 Å². The van der Waals surface area contributed by atoms with Gasteiger partial charge in [-0.15, -0.1) is 6.58 Å². The third-order valence-electron chi connectivity index (χ3n) is 5.79. The number of nitrogens with zero attached hydrogens (tertiary/aromatic N) is 2. The van der Waals surface area contributed by atoms with Crippen LogP contribution in [0.1, 0.15) is 10.4 Å². The topological polar surface area (TPSA) is 77.8 Å². The van der Waals surface area contributed by atoms with E-state index in [4.69, 9.17) is 16.0 Å². The molecule has 1 aromatic heterocycles. The largest absolute Gasteiger partial charge is 0.464 e. The van der Waals surface area contributed by atoms with E-state index in [1.165, 1.54) is 0 Å². The minimum atomic E-state index is -0.638. The molecule has 2 aromatic carbocycles. The molecule has 1 fully saturated rings. The van der Waals surface area contributed by atoms with Gasteiger partial charge in [0.05, 0.1) is 18.6 Å². The van der Waals surface area contributed by atoms with E-state index >= 15 is 0 Å². The zero-order chi connectivity index (χ0) is 24.8. The smallest absolute Gasteiger partial charge is 0.254 e. The van der Waals surface area contributed by atoms with Gasteiger partial charge in [-0.2, -0.15) is 0 Å². The molecule has 1 saturated heterocycles. The molecule has 0 radical (unpaired) electrons. The van der Waals surface area contributed by atoms with Gasteiger partial charge in [-0.25, -0.2) is 0 Å². The van der Waals surface area contributed by atoms with Crippen LogP contribution in [0, 0.1) is 0 Å². The Bertz CT molecular complexity index is 1210. The summed E-state index contributed by atoms with van der Waals surface area (Å²) in [5.41, 5.74) is 1.98. The molecule has 2 heterocycles. The first-order chi connectivity index (χ1) is 17.0. The highest BCUT2D eigenvalue weighted by Crippen LogP contribution is 2.23. The lowest BCUT2D eigenvalue weighted by molar-refractivity contribution is -0.122. The summed E-state index contributed by atoms with van der Waals surface area (Å²) in [7, 11) is 0. The Kier molecular flexibility index (Phi) is 7.57. The minimum absolute atomic E-state index is 0.146. The van der Waals surface area contributed by atoms with Crippen LogP contribution >= 0.6 is 11.6 Å². The third-order valence-corrected chi connectivity index (χ3v) is 6.05. The van der Waals surface area contributed by atoms with Gasteiger partial charge in [-0.1, -0.05) is 36.4 Å². The van der Waals surface area contributed by atoms with E-state index in [9.17, 15) is 9.59 Å². The van der Waals surface area contributed by atoms with Crippen molar-refractivity contribution >= 4 is 29.1 Å². The SMILES string of the molecule is C=CCNC(=C)N1CCN(C(=O)c2cccc(-c3ccco3)c2)CC1C(=O)Nc1ccc(Cl)cc1. The van der Waals surface area contributed by atoms with Gasteiger partial charge in [0, 0.05) is 41.5 Å². The third kappa shape index (κ3) is 5.75. The first-order valence-electron chi connectivity index (χ1n) is 11.3. The van der Waals surface area contributed by atoms with Crippen LogP contribution in [0.15, 0.2) is 96.4 Å². The zero-order valence-corrected chi connectivity index (χ0v) is 20.0. The average molecular weight is 491 g/mol. The molecule has 3 aromatic rings. The Labute approximate surface area is 209 Å². The molecule has 7 nitrogen and oxygen atoms in total. The van der Waals surface area contributed by atoms with Crippen LogP contribution in [0.3, 0.4) is 0 Å². The number of hydrogen-bond acceptors (Lipinski definition) is 5. The molecule has 0 saturated carbocycles. The minimum Gasteiger partial charge on any atom is -0.464 e. The summed E-state index contributed by atoms with van der Waals surface area (Å²) in [5, 5.41) is 6.67. The number of hydrogen-bond donors (Lipinski definition) is 2. The van der Waals surface area contributed by atoms with E-state index in [0.717, 1.165) is 5.56 Å². The average Bonchev–Trinajstić information content (AvgIpc) is 3.43. The van der Waals surface area contributed by atoms with Crippen LogP contribution in [0.2, 0.25) is 5.02 Å². The fourth-order valence-corrected chi connectivity index (χ4v) is 4.12. The summed E-state index contributed by atoms with van der Waals surface area (Å²) in [6.07, 6.45) is 3.32. The van der Waals surface area contributed by atoms with Crippen LogP contribution in [0.4, 0.5) is 5.69 Å². The normalized spacial score (nSPS) is 15.4. The van der Waals surface area contributed by atoms with E-state index in [2.05, 4.69) is 23.8 Å². The number of rotatable bonds is 8. The molecular formula is C27H27ClN4O3. The quantitative estimate of drug-likeness (QED) is 0.451. The van der Waals surface area contributed by atoms with Crippen LogP contribution < -0.4 is 10.6 Å². The number of carbonyl (C=O) groups excluding carboxylic acids is 2. The van der Waals surface area contributed by atoms with Crippen molar-refractivity contribution in [3.05, 3.63) is 103 Å². The maximum atomic E-state index is 13.4. The predicted molar refractivity (Wildman–Crippen MR) is 138 cm³/mol. The Morgan fingerprint density at radius 2 is 1.91 bits per heavy atom. The summed E-state index contributed by atoms with van der Waals surface area (Å²) in [4.78, 5) is 30.3. The van der Waals surface area contributed by atoms with Gasteiger partial charge in [-0.3, -0.25) is 9.59 Å². The van der Waals surface area contributed by atoms with Gasteiger partial charge >= 0.3 is 0 Å². The number of nitrogens with one attached hydrogen (secondary N) is 2. The molecule has 0 aliphatic carbocycles. The molecule has 1 aliphatic rings. The Morgan fingerprint density at radius 3 is 2.63 bits per heavy atom. The summed E-state index contributed by atoms with van der Waals surface area (Å²) in [6.45, 7) is 9.43. The van der Waals surface area contributed by atoms with E-state index < -0.39 is 6.04 Å². The number of furan rings is 1. The number of halogens is 1. The van der Waals surface area contributed by atoms with Gasteiger partial charge in [0.15, 0.2) is 0 Å². The molecule has 2 N–H and O–H groups in total. The molecule has 0 spiro atoms. The van der Waals surface area contributed by atoms with Gasteiger partial charge < -0.3 is 24.9 Å². The highest BCUT2D eigenvalue weighted by atomic mass is 35.5. The summed E-state index contributed by atoms with van der Waals surface area (Å²) < 4.78 is 5.47.